The molecular weight excluding hydrogens is 584 g/mol. The number of rotatable bonds is 11. The van der Waals surface area contributed by atoms with Gasteiger partial charge in [0, 0.05) is 18.0 Å². The second-order valence-corrected chi connectivity index (χ2v) is 11.6. The number of nitrogens with zero attached hydrogens (tertiary/aromatic N) is 1. The molecule has 1 fully saturated rings. The lowest BCUT2D eigenvalue weighted by atomic mass is 9.50. The first-order valence-corrected chi connectivity index (χ1v) is 14.1. The fraction of sp³-hybridized carbons (Fsp3) is 0.552. The molecule has 238 valence electrons. The van der Waals surface area contributed by atoms with Gasteiger partial charge in [-0.25, -0.2) is 9.59 Å². The second kappa shape index (κ2) is 11.4. The summed E-state index contributed by atoms with van der Waals surface area (Å²) in [5.41, 5.74) is -0.318. The number of likely N-dealkylation sites (N-methyl/N-ethyl adjacent to an activating group) is 1. The SMILES string of the molecule is COc1ccc2c3c1O[C@@H]1C(OC(=O)C[C@H](O)C(=O)O[C@@H](C)C(=O)N[C@@H](CC(=O)O)C(=O)O)=CC[C@]4(O)[C@H](C2)N(C)CC[C@@]314. The number of aliphatic hydroxyl groups is 2. The van der Waals surface area contributed by atoms with Crippen molar-refractivity contribution in [3.05, 3.63) is 35.1 Å². The highest BCUT2D eigenvalue weighted by Crippen LogP contribution is 2.65. The predicted molar refractivity (Wildman–Crippen MR) is 146 cm³/mol. The Balaban J connectivity index is 1.27. The fourth-order valence-corrected chi connectivity index (χ4v) is 6.97. The lowest BCUT2D eigenvalue weighted by Crippen LogP contribution is -2.74. The van der Waals surface area contributed by atoms with Gasteiger partial charge in [-0.15, -0.1) is 0 Å². The molecule has 1 aromatic carbocycles. The monoisotopic (exact) mass is 618 g/mol. The maximum absolute atomic E-state index is 12.9. The number of benzene rings is 1. The van der Waals surface area contributed by atoms with E-state index < -0.39 is 78.0 Å². The molecular formula is C29H34N2O13. The fourth-order valence-electron chi connectivity index (χ4n) is 6.97. The van der Waals surface area contributed by atoms with E-state index in [0.29, 0.717) is 30.9 Å². The maximum atomic E-state index is 12.9. The molecule has 4 aliphatic rings. The lowest BCUT2D eigenvalue weighted by Gasteiger charge is -2.61. The summed E-state index contributed by atoms with van der Waals surface area (Å²) in [7, 11) is 3.47. The van der Waals surface area contributed by atoms with Gasteiger partial charge in [-0.2, -0.15) is 0 Å². The van der Waals surface area contributed by atoms with Crippen LogP contribution < -0.4 is 14.8 Å². The number of hydrogen-bond acceptors (Lipinski definition) is 12. The number of amides is 1. The quantitative estimate of drug-likeness (QED) is 0.193. The van der Waals surface area contributed by atoms with Crippen LogP contribution in [-0.4, -0.2) is 112 Å². The average molecular weight is 619 g/mol. The van der Waals surface area contributed by atoms with Crippen molar-refractivity contribution in [1.29, 1.82) is 0 Å². The number of piperidine rings is 1. The highest BCUT2D eigenvalue weighted by Gasteiger charge is 2.72. The third kappa shape index (κ3) is 4.94. The number of methoxy groups -OCH3 is 1. The van der Waals surface area contributed by atoms with Crippen LogP contribution >= 0.6 is 0 Å². The van der Waals surface area contributed by atoms with Crippen LogP contribution in [-0.2, 0) is 45.3 Å². The number of aliphatic carboxylic acids is 2. The molecule has 0 unspecified atom stereocenters. The first kappa shape index (κ1) is 31.2. The van der Waals surface area contributed by atoms with Crippen molar-refractivity contribution in [2.24, 2.45) is 0 Å². The largest absolute Gasteiger partial charge is 0.493 e. The van der Waals surface area contributed by atoms with E-state index in [0.717, 1.165) is 18.1 Å². The first-order valence-electron chi connectivity index (χ1n) is 14.1. The number of likely N-dealkylation sites (tertiary alicyclic amines) is 1. The van der Waals surface area contributed by atoms with Gasteiger partial charge in [-0.05, 0) is 51.1 Å². The summed E-state index contributed by atoms with van der Waals surface area (Å²) in [6.45, 7) is 1.74. The van der Waals surface area contributed by atoms with Crippen molar-refractivity contribution in [2.75, 3.05) is 20.7 Å². The Kier molecular flexibility index (Phi) is 8.07. The molecule has 5 rings (SSSR count). The van der Waals surface area contributed by atoms with Crippen LogP contribution in [0.1, 0.15) is 43.7 Å². The smallest absolute Gasteiger partial charge is 0.336 e. The summed E-state index contributed by atoms with van der Waals surface area (Å²) in [5, 5.41) is 42.4. The Morgan fingerprint density at radius 3 is 2.57 bits per heavy atom. The van der Waals surface area contributed by atoms with E-state index in [2.05, 4.69) is 4.90 Å². The minimum absolute atomic E-state index is 0.125. The summed E-state index contributed by atoms with van der Waals surface area (Å²) in [4.78, 5) is 61.7. The molecule has 2 aliphatic heterocycles. The van der Waals surface area contributed by atoms with Crippen LogP contribution in [0.2, 0.25) is 0 Å². The molecule has 2 heterocycles. The number of hydrogen-bond donors (Lipinski definition) is 5. The molecule has 0 saturated carbocycles. The number of ether oxygens (including phenoxy) is 4. The lowest BCUT2D eigenvalue weighted by molar-refractivity contribution is -0.172. The van der Waals surface area contributed by atoms with Crippen LogP contribution in [0.25, 0.3) is 0 Å². The average Bonchev–Trinajstić information content (AvgIpc) is 3.31. The van der Waals surface area contributed by atoms with Crippen molar-refractivity contribution in [3.8, 4) is 11.5 Å². The summed E-state index contributed by atoms with van der Waals surface area (Å²) >= 11 is 0. The van der Waals surface area contributed by atoms with Gasteiger partial charge >= 0.3 is 23.9 Å². The van der Waals surface area contributed by atoms with Crippen LogP contribution in [0, 0.1) is 0 Å². The molecule has 15 nitrogen and oxygen atoms in total. The third-order valence-corrected chi connectivity index (χ3v) is 9.08. The number of esters is 2. The molecule has 2 aliphatic carbocycles. The van der Waals surface area contributed by atoms with Crippen LogP contribution in [0.5, 0.6) is 11.5 Å². The number of carboxylic acid groups (broad SMARTS) is 2. The highest BCUT2D eigenvalue weighted by molar-refractivity contribution is 5.90. The standard InChI is InChI=1S/C29H34N2O13/c1-13(25(36)30-15(26(37)38)11-20(33)34)42-27(39)16(32)12-21(35)43-18-6-7-29(40)19-10-14-4-5-17(41-3)23-22(14)28(29,24(18)44-23)8-9-31(19)2/h4-6,13,15-16,19,24,32,40H,7-12H2,1-3H3,(H,30,36)(H,33,34)(H,37,38)/t13-,15-,16-,19-,24+,28+,29-/m0/s1. The van der Waals surface area contributed by atoms with Crippen molar-refractivity contribution in [2.45, 2.75) is 80.4 Å². The topological polar surface area (TPSA) is 218 Å². The third-order valence-electron chi connectivity index (χ3n) is 9.08. The molecule has 15 heteroatoms. The molecule has 7 atom stereocenters. The van der Waals surface area contributed by atoms with Gasteiger partial charge in [0.1, 0.15) is 11.8 Å². The minimum Gasteiger partial charge on any atom is -0.493 e. The molecule has 0 radical (unpaired) electrons. The molecule has 1 saturated heterocycles. The van der Waals surface area contributed by atoms with Gasteiger partial charge in [0.15, 0.2) is 29.8 Å². The van der Waals surface area contributed by atoms with E-state index in [1.54, 1.807) is 12.1 Å². The van der Waals surface area contributed by atoms with Crippen LogP contribution in [0.4, 0.5) is 0 Å². The molecule has 2 bridgehead atoms. The Labute approximate surface area is 251 Å². The van der Waals surface area contributed by atoms with E-state index in [1.807, 2.05) is 18.4 Å². The zero-order valence-electron chi connectivity index (χ0n) is 24.3. The first-order chi connectivity index (χ1) is 20.7. The van der Waals surface area contributed by atoms with Crippen LogP contribution in [0.3, 0.4) is 0 Å². The number of carbonyl (C=O) groups is 5. The van der Waals surface area contributed by atoms with Gasteiger partial charge < -0.3 is 49.6 Å². The van der Waals surface area contributed by atoms with E-state index in [4.69, 9.17) is 29.2 Å². The highest BCUT2D eigenvalue weighted by atomic mass is 16.6. The summed E-state index contributed by atoms with van der Waals surface area (Å²) in [5.74, 6) is -5.47. The van der Waals surface area contributed by atoms with Crippen molar-refractivity contribution in [3.63, 3.8) is 0 Å². The summed E-state index contributed by atoms with van der Waals surface area (Å²) < 4.78 is 22.4. The summed E-state index contributed by atoms with van der Waals surface area (Å²) in [6, 6.07) is 1.77. The van der Waals surface area contributed by atoms with Crippen molar-refractivity contribution >= 4 is 29.8 Å². The molecule has 1 spiro atoms. The van der Waals surface area contributed by atoms with E-state index in [9.17, 15) is 34.2 Å². The Morgan fingerprint density at radius 1 is 1.18 bits per heavy atom. The zero-order valence-corrected chi connectivity index (χ0v) is 24.3. The van der Waals surface area contributed by atoms with Gasteiger partial charge in [0.2, 0.25) is 0 Å². The molecule has 1 aromatic rings. The predicted octanol–water partition coefficient (Wildman–Crippen LogP) is -0.757. The van der Waals surface area contributed by atoms with Crippen molar-refractivity contribution in [1.82, 2.24) is 10.2 Å². The van der Waals surface area contributed by atoms with Crippen molar-refractivity contribution < 1.29 is 63.3 Å². The van der Waals surface area contributed by atoms with Gasteiger partial charge in [-0.1, -0.05) is 6.07 Å². The van der Waals surface area contributed by atoms with Gasteiger partial charge in [-0.3, -0.25) is 14.4 Å². The molecule has 44 heavy (non-hydrogen) atoms. The van der Waals surface area contributed by atoms with E-state index in [-0.39, 0.29) is 18.2 Å². The minimum atomic E-state index is -2.04. The number of carbonyl (C=O) groups excluding carboxylic acids is 3. The zero-order chi connectivity index (χ0) is 32.1. The molecule has 0 aromatic heterocycles. The Bertz CT molecular complexity index is 1440. The molecule has 1 amide bonds. The number of aliphatic hydroxyl groups excluding tert-OH is 1. The second-order valence-electron chi connectivity index (χ2n) is 11.6. The van der Waals surface area contributed by atoms with Gasteiger partial charge in [0.25, 0.3) is 5.91 Å². The van der Waals surface area contributed by atoms with Gasteiger partial charge in [0.05, 0.1) is 31.0 Å². The van der Waals surface area contributed by atoms with E-state index >= 15 is 0 Å². The summed E-state index contributed by atoms with van der Waals surface area (Å²) in [6.07, 6.45) is -3.44. The normalized spacial score (nSPS) is 28.2. The molecule has 5 N–H and O–H groups in total. The van der Waals surface area contributed by atoms with E-state index in [1.165, 1.54) is 7.11 Å². The maximum Gasteiger partial charge on any atom is 0.336 e. The number of nitrogens with one attached hydrogen (secondary N) is 1. The van der Waals surface area contributed by atoms with Crippen LogP contribution in [0.15, 0.2) is 24.0 Å². The Morgan fingerprint density at radius 2 is 1.91 bits per heavy atom. The Hall–Kier alpha value is -4.21. The number of carboxylic acids is 2.